The van der Waals surface area contributed by atoms with Gasteiger partial charge in [-0.05, 0) is 34.7 Å². The number of hydrogen-bond acceptors (Lipinski definition) is 4. The van der Waals surface area contributed by atoms with E-state index in [0.717, 1.165) is 2.88 Å². The van der Waals surface area contributed by atoms with Crippen molar-refractivity contribution in [3.05, 3.63) is 54.3 Å². The van der Waals surface area contributed by atoms with E-state index in [2.05, 4.69) is 27.9 Å². The molecule has 2 rings (SSSR count). The highest BCUT2D eigenvalue weighted by Gasteiger charge is 2.10. The van der Waals surface area contributed by atoms with Gasteiger partial charge in [0.05, 0.1) is 13.4 Å². The van der Waals surface area contributed by atoms with Crippen LogP contribution in [-0.2, 0) is 0 Å². The second-order valence-electron chi connectivity index (χ2n) is 3.40. The van der Waals surface area contributed by atoms with E-state index in [1.54, 1.807) is 17.5 Å². The van der Waals surface area contributed by atoms with Crippen molar-refractivity contribution in [2.75, 3.05) is 5.32 Å². The number of nitrogens with zero attached hydrogens (tertiary/aromatic N) is 1. The van der Waals surface area contributed by atoms with E-state index < -0.39 is 4.92 Å². The molecule has 0 unspecified atom stereocenters. The zero-order valence-electron chi connectivity index (χ0n) is 8.92. The quantitative estimate of drug-likeness (QED) is 0.508. The van der Waals surface area contributed by atoms with Gasteiger partial charge in [0.1, 0.15) is 0 Å². The summed E-state index contributed by atoms with van der Waals surface area (Å²) in [6.07, 6.45) is 0. The molecule has 1 aromatic carbocycles. The van der Waals surface area contributed by atoms with Crippen molar-refractivity contribution in [3.8, 4) is 0 Å². The predicted octanol–water partition coefficient (Wildman–Crippen LogP) is 3.51. The number of hydrogen-bond donors (Lipinski definition) is 1. The van der Waals surface area contributed by atoms with Crippen LogP contribution in [0.1, 0.15) is 10.4 Å². The molecule has 0 bridgehead atoms. The summed E-state index contributed by atoms with van der Waals surface area (Å²) in [6, 6.07) is 7.61. The van der Waals surface area contributed by atoms with Gasteiger partial charge in [0.15, 0.2) is 0 Å². The first-order valence-electron chi connectivity index (χ1n) is 4.86. The number of carbonyl (C=O) groups is 1. The minimum Gasteiger partial charge on any atom is -0.322 e. The lowest BCUT2D eigenvalue weighted by atomic mass is 10.2. The van der Waals surface area contributed by atoms with Crippen molar-refractivity contribution in [2.24, 2.45) is 0 Å². The molecule has 0 aliphatic rings. The lowest BCUT2D eigenvalue weighted by molar-refractivity contribution is -0.384. The molecule has 0 saturated heterocycles. The van der Waals surface area contributed by atoms with E-state index in [4.69, 9.17) is 0 Å². The third kappa shape index (κ3) is 3.05. The van der Waals surface area contributed by atoms with Gasteiger partial charge in [-0.25, -0.2) is 0 Å². The van der Waals surface area contributed by atoms with E-state index in [1.165, 1.54) is 29.5 Å². The Morgan fingerprint density at radius 3 is 2.78 bits per heavy atom. The second kappa shape index (κ2) is 5.44. The van der Waals surface area contributed by atoms with E-state index in [9.17, 15) is 14.9 Å². The predicted molar refractivity (Wildman–Crippen MR) is 78.1 cm³/mol. The van der Waals surface area contributed by atoms with Crippen molar-refractivity contribution in [3.63, 3.8) is 0 Å². The van der Waals surface area contributed by atoms with Crippen LogP contribution in [0.15, 0.2) is 35.7 Å². The summed E-state index contributed by atoms with van der Waals surface area (Å²) >= 11 is 3.60. The smallest absolute Gasteiger partial charge is 0.271 e. The second-order valence-corrected chi connectivity index (χ2v) is 6.21. The monoisotopic (exact) mass is 374 g/mol. The number of benzene rings is 1. The molecular weight excluding hydrogens is 367 g/mol. The molecule has 18 heavy (non-hydrogen) atoms. The summed E-state index contributed by atoms with van der Waals surface area (Å²) in [6.45, 7) is 0. The first kappa shape index (κ1) is 13.0. The molecule has 0 spiro atoms. The van der Waals surface area contributed by atoms with Gasteiger partial charge < -0.3 is 5.32 Å². The maximum absolute atomic E-state index is 11.8. The number of anilines is 1. The summed E-state index contributed by atoms with van der Waals surface area (Å²) in [5.41, 5.74) is 0.916. The Morgan fingerprint density at radius 2 is 2.17 bits per heavy atom. The molecule has 0 saturated carbocycles. The fourth-order valence-electron chi connectivity index (χ4n) is 1.33. The highest BCUT2D eigenvalue weighted by molar-refractivity contribution is 14.1. The van der Waals surface area contributed by atoms with Gasteiger partial charge >= 0.3 is 0 Å². The molecule has 0 fully saturated rings. The Bertz CT molecular complexity index is 612. The van der Waals surface area contributed by atoms with Crippen LogP contribution in [0.3, 0.4) is 0 Å². The van der Waals surface area contributed by atoms with Crippen LogP contribution in [-0.4, -0.2) is 10.8 Å². The molecular formula is C11H7IN2O3S. The summed E-state index contributed by atoms with van der Waals surface area (Å²) in [4.78, 5) is 21.9. The zero-order chi connectivity index (χ0) is 13.1. The van der Waals surface area contributed by atoms with Gasteiger partial charge in [0, 0.05) is 23.2 Å². The first-order chi connectivity index (χ1) is 8.56. The minimum absolute atomic E-state index is 0.0484. The average Bonchev–Trinajstić information content (AvgIpc) is 2.76. The number of halogens is 1. The van der Waals surface area contributed by atoms with Crippen LogP contribution in [0.2, 0.25) is 0 Å². The Balaban J connectivity index is 2.16. The van der Waals surface area contributed by atoms with Gasteiger partial charge in [-0.1, -0.05) is 6.07 Å². The normalized spacial score (nSPS) is 10.1. The third-order valence-corrected chi connectivity index (χ3v) is 3.93. The number of carbonyl (C=O) groups excluding carboxylic acids is 1. The number of amides is 1. The number of thiophene rings is 1. The standard InChI is InChI=1S/C11H7IN2O3S/c12-10-4-7(6-18-10)11(15)13-8-2-1-3-9(5-8)14(16)17/h1-6H,(H,13,15). The fourth-order valence-corrected chi connectivity index (χ4v) is 2.66. The molecule has 1 heterocycles. The van der Waals surface area contributed by atoms with Crippen molar-refractivity contribution in [1.29, 1.82) is 0 Å². The highest BCUT2D eigenvalue weighted by atomic mass is 127. The van der Waals surface area contributed by atoms with Crippen molar-refractivity contribution < 1.29 is 9.72 Å². The van der Waals surface area contributed by atoms with Crippen LogP contribution in [0.4, 0.5) is 11.4 Å². The zero-order valence-corrected chi connectivity index (χ0v) is 11.9. The molecule has 7 heteroatoms. The number of nitrogens with one attached hydrogen (secondary N) is 1. The molecule has 1 aromatic heterocycles. The van der Waals surface area contributed by atoms with Crippen LogP contribution in [0.5, 0.6) is 0 Å². The van der Waals surface area contributed by atoms with Crippen molar-refractivity contribution in [1.82, 2.24) is 0 Å². The van der Waals surface area contributed by atoms with E-state index in [-0.39, 0.29) is 11.6 Å². The number of nitro benzene ring substituents is 1. The highest BCUT2D eigenvalue weighted by Crippen LogP contribution is 2.20. The summed E-state index contributed by atoms with van der Waals surface area (Å²) in [7, 11) is 0. The SMILES string of the molecule is O=C(Nc1cccc([N+](=O)[O-])c1)c1csc(I)c1. The average molecular weight is 374 g/mol. The molecule has 92 valence electrons. The first-order valence-corrected chi connectivity index (χ1v) is 6.82. The maximum Gasteiger partial charge on any atom is 0.271 e. The van der Waals surface area contributed by atoms with Gasteiger partial charge in [-0.3, -0.25) is 14.9 Å². The molecule has 0 radical (unpaired) electrons. The van der Waals surface area contributed by atoms with Crippen LogP contribution in [0, 0.1) is 13.0 Å². The molecule has 0 aliphatic heterocycles. The maximum atomic E-state index is 11.8. The van der Waals surface area contributed by atoms with Gasteiger partial charge in [0.25, 0.3) is 11.6 Å². The van der Waals surface area contributed by atoms with Crippen LogP contribution in [0.25, 0.3) is 0 Å². The van der Waals surface area contributed by atoms with Gasteiger partial charge in [0.2, 0.25) is 0 Å². The number of non-ortho nitro benzene ring substituents is 1. The van der Waals surface area contributed by atoms with Gasteiger partial charge in [-0.2, -0.15) is 0 Å². The van der Waals surface area contributed by atoms with E-state index in [1.807, 2.05) is 0 Å². The van der Waals surface area contributed by atoms with Crippen LogP contribution >= 0.6 is 33.9 Å². The van der Waals surface area contributed by atoms with E-state index >= 15 is 0 Å². The molecule has 0 aliphatic carbocycles. The summed E-state index contributed by atoms with van der Waals surface area (Å²) < 4.78 is 1.01. The molecule has 1 N–H and O–H groups in total. The molecule has 1 amide bonds. The number of nitro groups is 1. The Hall–Kier alpha value is -1.48. The minimum atomic E-state index is -0.497. The summed E-state index contributed by atoms with van der Waals surface area (Å²) in [5.74, 6) is -0.269. The Morgan fingerprint density at radius 1 is 1.39 bits per heavy atom. The lowest BCUT2D eigenvalue weighted by Crippen LogP contribution is -2.10. The summed E-state index contributed by atoms with van der Waals surface area (Å²) in [5, 5.41) is 15.0. The molecule has 5 nitrogen and oxygen atoms in total. The van der Waals surface area contributed by atoms with Crippen molar-refractivity contribution in [2.45, 2.75) is 0 Å². The fraction of sp³-hybridized carbons (Fsp3) is 0. The molecule has 2 aromatic rings. The number of rotatable bonds is 3. The Labute approximate surface area is 120 Å². The van der Waals surface area contributed by atoms with E-state index in [0.29, 0.717) is 11.3 Å². The lowest BCUT2D eigenvalue weighted by Gasteiger charge is -2.03. The van der Waals surface area contributed by atoms with Crippen molar-refractivity contribution >= 4 is 51.2 Å². The van der Waals surface area contributed by atoms with Gasteiger partial charge in [-0.15, -0.1) is 11.3 Å². The largest absolute Gasteiger partial charge is 0.322 e. The third-order valence-electron chi connectivity index (χ3n) is 2.14. The molecule has 0 atom stereocenters. The topological polar surface area (TPSA) is 72.2 Å². The van der Waals surface area contributed by atoms with Crippen LogP contribution < -0.4 is 5.32 Å². The Kier molecular flexibility index (Phi) is 3.92.